The highest BCUT2D eigenvalue weighted by molar-refractivity contribution is 7.89. The first-order valence-electron chi connectivity index (χ1n) is 19.6. The molecule has 0 spiro atoms. The van der Waals surface area contributed by atoms with Crippen molar-refractivity contribution in [3.8, 4) is 22.8 Å². The van der Waals surface area contributed by atoms with Crippen molar-refractivity contribution in [2.45, 2.75) is 24.4 Å². The van der Waals surface area contributed by atoms with E-state index in [4.69, 9.17) is 34.1 Å². The van der Waals surface area contributed by atoms with Gasteiger partial charge in [0.15, 0.2) is 0 Å². The van der Waals surface area contributed by atoms with Crippen LogP contribution in [-0.2, 0) is 34.3 Å². The van der Waals surface area contributed by atoms with E-state index in [0.29, 0.717) is 97.0 Å². The smallest absolute Gasteiger partial charge is 0.243 e. The van der Waals surface area contributed by atoms with Gasteiger partial charge in [-0.05, 0) is 66.1 Å². The number of aliphatic hydroxyl groups excluding tert-OH is 1. The van der Waals surface area contributed by atoms with E-state index < -0.39 is 10.0 Å². The highest BCUT2D eigenvalue weighted by Crippen LogP contribution is 2.40. The van der Waals surface area contributed by atoms with Crippen LogP contribution in [0.4, 0.5) is 23.4 Å². The number of ether oxygens (including phenoxy) is 3. The maximum Gasteiger partial charge on any atom is 0.243 e. The molecule has 8 rings (SSSR count). The zero-order valence-corrected chi connectivity index (χ0v) is 33.7. The zero-order chi connectivity index (χ0) is 40.1. The number of benzene rings is 3. The molecule has 5 aromatic rings. The van der Waals surface area contributed by atoms with Gasteiger partial charge < -0.3 is 34.0 Å². The summed E-state index contributed by atoms with van der Waals surface area (Å²) < 4.78 is 45.1. The van der Waals surface area contributed by atoms with E-state index in [1.807, 2.05) is 73.1 Å². The molecule has 5 heterocycles. The van der Waals surface area contributed by atoms with Gasteiger partial charge in [-0.2, -0.15) is 9.29 Å². The maximum absolute atomic E-state index is 13.6. The summed E-state index contributed by atoms with van der Waals surface area (Å²) in [4.78, 5) is 28.9. The molecule has 3 aliphatic rings. The van der Waals surface area contributed by atoms with Crippen molar-refractivity contribution in [3.05, 3.63) is 102 Å². The third-order valence-corrected chi connectivity index (χ3v) is 12.8. The van der Waals surface area contributed by atoms with Crippen LogP contribution in [0.5, 0.6) is 11.5 Å². The number of piperazine rings is 1. The fourth-order valence-corrected chi connectivity index (χ4v) is 9.05. The normalized spacial score (nSPS) is 16.3. The lowest BCUT2D eigenvalue weighted by Gasteiger charge is -2.33. The van der Waals surface area contributed by atoms with Crippen molar-refractivity contribution in [1.29, 1.82) is 0 Å². The number of morpholine rings is 1. The summed E-state index contributed by atoms with van der Waals surface area (Å²) in [6, 6.07) is 23.1. The molecule has 0 atom stereocenters. The molecular formula is C42H49N9O6S. The molecule has 0 aliphatic carbocycles. The summed E-state index contributed by atoms with van der Waals surface area (Å²) in [6.07, 6.45) is 4.37. The van der Waals surface area contributed by atoms with Crippen LogP contribution >= 0.6 is 0 Å². The molecule has 2 aromatic heterocycles. The lowest BCUT2D eigenvalue weighted by atomic mass is 10.1. The average Bonchev–Trinajstić information content (AvgIpc) is 3.71. The Bertz CT molecular complexity index is 2200. The van der Waals surface area contributed by atoms with Gasteiger partial charge in [-0.15, -0.1) is 0 Å². The minimum atomic E-state index is -3.66. The minimum Gasteiger partial charge on any atom is -0.497 e. The van der Waals surface area contributed by atoms with E-state index in [0.717, 1.165) is 51.0 Å². The van der Waals surface area contributed by atoms with Crippen LogP contribution in [0.1, 0.15) is 16.7 Å². The summed E-state index contributed by atoms with van der Waals surface area (Å²) in [5.41, 5.74) is 5.58. The molecule has 0 radical (unpaired) electrons. The number of β-amino-alcohol motifs (C(OH)–C–C–N with tert-alkyl or cyclic N) is 1. The Balaban J connectivity index is 1.08. The van der Waals surface area contributed by atoms with Crippen LogP contribution in [0, 0.1) is 0 Å². The molecule has 304 valence electrons. The first kappa shape index (κ1) is 39.4. The van der Waals surface area contributed by atoms with Crippen molar-refractivity contribution < 1.29 is 27.7 Å². The quantitative estimate of drug-likeness (QED) is 0.172. The molecule has 0 saturated carbocycles. The van der Waals surface area contributed by atoms with Crippen molar-refractivity contribution in [3.63, 3.8) is 0 Å². The summed E-state index contributed by atoms with van der Waals surface area (Å²) in [5, 5.41) is 9.28. The van der Waals surface area contributed by atoms with Gasteiger partial charge in [0.2, 0.25) is 21.9 Å². The molecular weight excluding hydrogens is 759 g/mol. The number of aliphatic hydroxyl groups is 1. The Morgan fingerprint density at radius 3 is 1.93 bits per heavy atom. The minimum absolute atomic E-state index is 0.0606. The number of fused-ring (bicyclic) bond motifs is 1. The SMILES string of the molecule is COc1ccc(CN(Cc2ccc(OC)cc2)c2ncc(-c3nc(N4CCOCC4)nc4c3CCN4c3ccc(S(=O)(=O)N4CCN(CCO)CC4)cc3)cn2)cc1. The standard InChI is InChI=1S/C42H49N9O6S/c1-55-35-9-3-31(4-10-35)29-49(30-32-5-11-36(56-2)12-6-32)41-43-27-33(28-44-41)39-38-15-16-51(40(38)46-42(45-39)48-22-25-57-26-23-48)34-7-13-37(14-8-34)58(53,54)50-19-17-47(18-20-50)21-24-52/h3-14,27-28,52H,15-26,29-30H2,1-2H3. The Morgan fingerprint density at radius 1 is 0.759 bits per heavy atom. The van der Waals surface area contributed by atoms with Crippen molar-refractivity contribution in [2.24, 2.45) is 0 Å². The number of methoxy groups -OCH3 is 2. The lowest BCUT2D eigenvalue weighted by molar-refractivity contribution is 0.122. The first-order valence-corrected chi connectivity index (χ1v) is 21.0. The van der Waals surface area contributed by atoms with Gasteiger partial charge in [0.1, 0.15) is 17.3 Å². The van der Waals surface area contributed by atoms with E-state index in [1.165, 1.54) is 4.31 Å². The number of nitrogens with zero attached hydrogens (tertiary/aromatic N) is 9. The van der Waals surface area contributed by atoms with Gasteiger partial charge >= 0.3 is 0 Å². The van der Waals surface area contributed by atoms with E-state index in [-0.39, 0.29) is 11.5 Å². The average molecular weight is 808 g/mol. The van der Waals surface area contributed by atoms with E-state index >= 15 is 0 Å². The molecule has 0 amide bonds. The van der Waals surface area contributed by atoms with Gasteiger partial charge in [-0.1, -0.05) is 24.3 Å². The Labute approximate surface area is 339 Å². The van der Waals surface area contributed by atoms with Crippen LogP contribution < -0.4 is 24.2 Å². The summed E-state index contributed by atoms with van der Waals surface area (Å²) in [6.45, 7) is 6.89. The molecule has 0 bridgehead atoms. The number of hydrogen-bond acceptors (Lipinski definition) is 14. The van der Waals surface area contributed by atoms with Gasteiger partial charge in [0, 0.05) is 94.7 Å². The van der Waals surface area contributed by atoms with Crippen molar-refractivity contribution >= 4 is 33.4 Å². The third-order valence-electron chi connectivity index (χ3n) is 10.9. The molecule has 0 unspecified atom stereocenters. The largest absolute Gasteiger partial charge is 0.497 e. The zero-order valence-electron chi connectivity index (χ0n) is 32.9. The second kappa shape index (κ2) is 17.6. The number of rotatable bonds is 14. The Hall–Kier alpha value is -5.39. The van der Waals surface area contributed by atoms with Crippen molar-refractivity contribution in [1.82, 2.24) is 29.1 Å². The molecule has 2 fully saturated rings. The van der Waals surface area contributed by atoms with Crippen LogP contribution in [0.2, 0.25) is 0 Å². The predicted octanol–water partition coefficient (Wildman–Crippen LogP) is 3.99. The number of sulfonamides is 1. The highest BCUT2D eigenvalue weighted by atomic mass is 32.2. The van der Waals surface area contributed by atoms with Gasteiger partial charge in [0.25, 0.3) is 0 Å². The molecule has 3 aromatic carbocycles. The van der Waals surface area contributed by atoms with Gasteiger partial charge in [0.05, 0.1) is 44.6 Å². The van der Waals surface area contributed by atoms with E-state index in [2.05, 4.69) is 19.6 Å². The summed E-state index contributed by atoms with van der Waals surface area (Å²) >= 11 is 0. The summed E-state index contributed by atoms with van der Waals surface area (Å²) in [7, 11) is -0.343. The van der Waals surface area contributed by atoms with Gasteiger partial charge in [-0.3, -0.25) is 4.90 Å². The number of hydrogen-bond donors (Lipinski definition) is 1. The fourth-order valence-electron chi connectivity index (χ4n) is 7.63. The fraction of sp³-hybridized carbons (Fsp3) is 0.381. The van der Waals surface area contributed by atoms with Crippen molar-refractivity contribution in [2.75, 3.05) is 101 Å². The first-order chi connectivity index (χ1) is 28.3. The van der Waals surface area contributed by atoms with Crippen LogP contribution in [-0.4, -0.2) is 129 Å². The second-order valence-corrected chi connectivity index (χ2v) is 16.4. The lowest BCUT2D eigenvalue weighted by Crippen LogP contribution is -2.49. The van der Waals surface area contributed by atoms with E-state index in [1.54, 1.807) is 26.4 Å². The predicted molar refractivity (Wildman–Crippen MR) is 221 cm³/mol. The molecule has 58 heavy (non-hydrogen) atoms. The molecule has 16 heteroatoms. The highest BCUT2D eigenvalue weighted by Gasteiger charge is 2.32. The van der Waals surface area contributed by atoms with Crippen LogP contribution in [0.15, 0.2) is 90.1 Å². The third kappa shape index (κ3) is 8.56. The Morgan fingerprint density at radius 2 is 1.36 bits per heavy atom. The molecule has 1 N–H and O–H groups in total. The maximum atomic E-state index is 13.6. The number of anilines is 4. The van der Waals surface area contributed by atoms with Crippen LogP contribution in [0.3, 0.4) is 0 Å². The molecule has 2 saturated heterocycles. The van der Waals surface area contributed by atoms with E-state index in [9.17, 15) is 13.5 Å². The second-order valence-electron chi connectivity index (χ2n) is 14.5. The van der Waals surface area contributed by atoms with Gasteiger partial charge in [-0.25, -0.2) is 23.4 Å². The van der Waals surface area contributed by atoms with Crippen LogP contribution in [0.25, 0.3) is 11.3 Å². The monoisotopic (exact) mass is 807 g/mol. The molecule has 15 nitrogen and oxygen atoms in total. The molecule has 3 aliphatic heterocycles. The number of aromatic nitrogens is 4. The Kier molecular flexibility index (Phi) is 12.0. The topological polar surface area (TPSA) is 150 Å². The summed E-state index contributed by atoms with van der Waals surface area (Å²) in [5.74, 6) is 3.56.